The first-order valence-corrected chi connectivity index (χ1v) is 11.1. The van der Waals surface area contributed by atoms with E-state index in [1.165, 1.54) is 16.1 Å². The van der Waals surface area contributed by atoms with Gasteiger partial charge in [-0.05, 0) is 61.9 Å². The van der Waals surface area contributed by atoms with Gasteiger partial charge in [0.2, 0.25) is 0 Å². The van der Waals surface area contributed by atoms with Crippen LogP contribution in [0.1, 0.15) is 13.3 Å². The van der Waals surface area contributed by atoms with Crippen molar-refractivity contribution in [3.8, 4) is 11.5 Å². The average Bonchev–Trinajstić information content (AvgIpc) is 2.70. The smallest absolute Gasteiger partial charge is 0.270 e. The molecular weight excluding hydrogens is 384 g/mol. The summed E-state index contributed by atoms with van der Waals surface area (Å²) >= 11 is 1.45. The number of nitrogens with zero attached hydrogens (tertiary/aromatic N) is 2. The van der Waals surface area contributed by atoms with Crippen LogP contribution in [0.4, 0.5) is 5.69 Å². The van der Waals surface area contributed by atoms with Gasteiger partial charge in [0.1, 0.15) is 11.5 Å². The summed E-state index contributed by atoms with van der Waals surface area (Å²) in [5.74, 6) is 2.14. The SMILES string of the molecule is CCOc1ccc(N(C2=NCCCS2)S(=O)(=O)c2ccc(OC)cc2)cc1. The number of amidine groups is 1. The Kier molecular flexibility index (Phi) is 6.28. The Morgan fingerprint density at radius 2 is 1.74 bits per heavy atom. The molecule has 0 saturated carbocycles. The van der Waals surface area contributed by atoms with E-state index in [4.69, 9.17) is 9.47 Å². The maximum atomic E-state index is 13.4. The van der Waals surface area contributed by atoms with Crippen LogP contribution in [0, 0.1) is 0 Å². The van der Waals surface area contributed by atoms with Crippen molar-refractivity contribution in [3.05, 3.63) is 48.5 Å². The second kappa shape index (κ2) is 8.67. The summed E-state index contributed by atoms with van der Waals surface area (Å²) < 4.78 is 38.7. The van der Waals surface area contributed by atoms with Gasteiger partial charge < -0.3 is 9.47 Å². The van der Waals surface area contributed by atoms with Crippen LogP contribution in [0.25, 0.3) is 0 Å². The molecule has 2 aromatic carbocycles. The third-order valence-corrected chi connectivity index (χ3v) is 6.84. The molecule has 0 amide bonds. The number of aliphatic imine (C=N–C) groups is 1. The van der Waals surface area contributed by atoms with Crippen molar-refractivity contribution in [2.24, 2.45) is 4.99 Å². The molecule has 0 fully saturated rings. The molecule has 0 saturated heterocycles. The zero-order valence-electron chi connectivity index (χ0n) is 15.3. The van der Waals surface area contributed by atoms with E-state index in [-0.39, 0.29) is 4.90 Å². The number of rotatable bonds is 6. The molecule has 1 aliphatic heterocycles. The maximum Gasteiger partial charge on any atom is 0.270 e. The van der Waals surface area contributed by atoms with Crippen LogP contribution in [0.5, 0.6) is 11.5 Å². The molecule has 0 unspecified atom stereocenters. The summed E-state index contributed by atoms with van der Waals surface area (Å²) in [4.78, 5) is 4.65. The highest BCUT2D eigenvalue weighted by molar-refractivity contribution is 8.15. The minimum absolute atomic E-state index is 0.186. The van der Waals surface area contributed by atoms with E-state index in [0.717, 1.165) is 12.2 Å². The van der Waals surface area contributed by atoms with Gasteiger partial charge in [0.15, 0.2) is 5.17 Å². The van der Waals surface area contributed by atoms with Crippen LogP contribution in [-0.2, 0) is 10.0 Å². The van der Waals surface area contributed by atoms with Crippen LogP contribution >= 0.6 is 11.8 Å². The van der Waals surface area contributed by atoms with Crippen LogP contribution in [0.2, 0.25) is 0 Å². The minimum atomic E-state index is -3.82. The highest BCUT2D eigenvalue weighted by Crippen LogP contribution is 2.31. The molecule has 1 aliphatic rings. The molecule has 3 rings (SSSR count). The molecule has 6 nitrogen and oxygen atoms in total. The number of thioether (sulfide) groups is 1. The summed E-state index contributed by atoms with van der Waals surface area (Å²) in [6.07, 6.45) is 0.938. The lowest BCUT2D eigenvalue weighted by atomic mass is 10.3. The van der Waals surface area contributed by atoms with Gasteiger partial charge in [0.25, 0.3) is 10.0 Å². The van der Waals surface area contributed by atoms with Gasteiger partial charge in [-0.1, -0.05) is 11.8 Å². The Hall–Kier alpha value is -2.19. The summed E-state index contributed by atoms with van der Waals surface area (Å²) in [6.45, 7) is 3.07. The zero-order chi connectivity index (χ0) is 19.3. The summed E-state index contributed by atoms with van der Waals surface area (Å²) in [5.41, 5.74) is 0.530. The minimum Gasteiger partial charge on any atom is -0.497 e. The average molecular weight is 407 g/mol. The highest BCUT2D eigenvalue weighted by atomic mass is 32.2. The number of ether oxygens (including phenoxy) is 2. The Bertz CT molecular complexity index is 894. The van der Waals surface area contributed by atoms with E-state index in [0.29, 0.717) is 35.5 Å². The number of methoxy groups -OCH3 is 1. The zero-order valence-corrected chi connectivity index (χ0v) is 16.9. The second-order valence-corrected chi connectivity index (χ2v) is 8.59. The van der Waals surface area contributed by atoms with E-state index in [1.54, 1.807) is 55.6 Å². The summed E-state index contributed by atoms with van der Waals surface area (Å²) in [7, 11) is -2.27. The Labute approximate surface area is 164 Å². The molecule has 0 bridgehead atoms. The van der Waals surface area contributed by atoms with Crippen molar-refractivity contribution in [2.75, 3.05) is 30.3 Å². The van der Waals surface area contributed by atoms with Gasteiger partial charge in [-0.3, -0.25) is 4.99 Å². The Balaban J connectivity index is 2.04. The third kappa shape index (κ3) is 4.39. The molecule has 144 valence electrons. The van der Waals surface area contributed by atoms with E-state index in [9.17, 15) is 8.42 Å². The first-order chi connectivity index (χ1) is 13.1. The molecule has 0 N–H and O–H groups in total. The first-order valence-electron chi connectivity index (χ1n) is 8.65. The monoisotopic (exact) mass is 406 g/mol. The van der Waals surface area contributed by atoms with Crippen molar-refractivity contribution in [3.63, 3.8) is 0 Å². The fraction of sp³-hybridized carbons (Fsp3) is 0.316. The summed E-state index contributed by atoms with van der Waals surface area (Å²) in [5, 5.41) is 0.487. The Morgan fingerprint density at radius 3 is 2.30 bits per heavy atom. The van der Waals surface area contributed by atoms with E-state index < -0.39 is 10.0 Å². The van der Waals surface area contributed by atoms with E-state index >= 15 is 0 Å². The predicted molar refractivity (Wildman–Crippen MR) is 110 cm³/mol. The molecular formula is C19H22N2O4S2. The molecule has 8 heteroatoms. The molecule has 0 atom stereocenters. The molecule has 27 heavy (non-hydrogen) atoms. The number of hydrogen-bond donors (Lipinski definition) is 0. The lowest BCUT2D eigenvalue weighted by molar-refractivity contribution is 0.340. The van der Waals surface area contributed by atoms with Crippen molar-refractivity contribution in [2.45, 2.75) is 18.2 Å². The lowest BCUT2D eigenvalue weighted by Crippen LogP contribution is -2.36. The maximum absolute atomic E-state index is 13.4. The molecule has 0 radical (unpaired) electrons. The molecule has 0 spiro atoms. The number of sulfonamides is 1. The van der Waals surface area contributed by atoms with Gasteiger partial charge in [-0.25, -0.2) is 12.7 Å². The summed E-state index contributed by atoms with van der Waals surface area (Å²) in [6, 6.07) is 13.4. The van der Waals surface area contributed by atoms with Gasteiger partial charge in [-0.15, -0.1) is 0 Å². The number of anilines is 1. The van der Waals surface area contributed by atoms with E-state index in [1.807, 2.05) is 6.92 Å². The Morgan fingerprint density at radius 1 is 1.07 bits per heavy atom. The van der Waals surface area contributed by atoms with Gasteiger partial charge in [0, 0.05) is 12.3 Å². The standard InChI is InChI=1S/C19H22N2O4S2/c1-3-25-17-7-5-15(6-8-17)21(19-20-13-4-14-26-19)27(22,23)18-11-9-16(24-2)10-12-18/h5-12H,3-4,13-14H2,1-2H3. The number of hydrogen-bond acceptors (Lipinski definition) is 6. The fourth-order valence-corrected chi connectivity index (χ4v) is 5.29. The quantitative estimate of drug-likeness (QED) is 0.730. The third-order valence-electron chi connectivity index (χ3n) is 3.93. The first kappa shape index (κ1) is 19.6. The van der Waals surface area contributed by atoms with Crippen LogP contribution < -0.4 is 13.8 Å². The van der Waals surface area contributed by atoms with E-state index in [2.05, 4.69) is 4.99 Å². The van der Waals surface area contributed by atoms with Crippen molar-refractivity contribution in [1.82, 2.24) is 0 Å². The molecule has 0 aromatic heterocycles. The number of benzene rings is 2. The highest BCUT2D eigenvalue weighted by Gasteiger charge is 2.30. The second-order valence-electron chi connectivity index (χ2n) is 5.74. The molecule has 0 aliphatic carbocycles. The van der Waals surface area contributed by atoms with Gasteiger partial charge in [0.05, 0.1) is 24.3 Å². The van der Waals surface area contributed by atoms with Crippen LogP contribution in [-0.4, -0.2) is 39.6 Å². The van der Waals surface area contributed by atoms with Crippen molar-refractivity contribution in [1.29, 1.82) is 0 Å². The van der Waals surface area contributed by atoms with Crippen molar-refractivity contribution >= 4 is 32.6 Å². The van der Waals surface area contributed by atoms with Crippen LogP contribution in [0.3, 0.4) is 0 Å². The van der Waals surface area contributed by atoms with Crippen molar-refractivity contribution < 1.29 is 17.9 Å². The largest absolute Gasteiger partial charge is 0.497 e. The molecule has 2 aromatic rings. The molecule has 1 heterocycles. The van der Waals surface area contributed by atoms with Gasteiger partial charge in [-0.2, -0.15) is 0 Å². The van der Waals surface area contributed by atoms with Gasteiger partial charge >= 0.3 is 0 Å². The topological polar surface area (TPSA) is 68.2 Å². The predicted octanol–water partition coefficient (Wildman–Crippen LogP) is 3.78. The van der Waals surface area contributed by atoms with Crippen LogP contribution in [0.15, 0.2) is 58.4 Å². The fourth-order valence-electron chi connectivity index (χ4n) is 2.62. The normalized spacial score (nSPS) is 14.4. The lowest BCUT2D eigenvalue weighted by Gasteiger charge is -2.27.